The van der Waals surface area contributed by atoms with Crippen molar-refractivity contribution < 1.29 is 14.0 Å². The largest absolute Gasteiger partial charge is 0.350 e. The molecule has 1 N–H and O–H groups in total. The van der Waals surface area contributed by atoms with Gasteiger partial charge < -0.3 is 10.2 Å². The lowest BCUT2D eigenvalue weighted by atomic mass is 10.2. The molecule has 26 heavy (non-hydrogen) atoms. The van der Waals surface area contributed by atoms with Gasteiger partial charge in [-0.1, -0.05) is 29.3 Å². The van der Waals surface area contributed by atoms with Gasteiger partial charge in [-0.3, -0.25) is 9.69 Å². The lowest BCUT2D eigenvalue weighted by molar-refractivity contribution is -0.124. The van der Waals surface area contributed by atoms with E-state index in [0.29, 0.717) is 15.6 Å². The molecule has 0 unspecified atom stereocenters. The van der Waals surface area contributed by atoms with Gasteiger partial charge in [0.05, 0.1) is 18.9 Å². The summed E-state index contributed by atoms with van der Waals surface area (Å²) >= 11 is 11.9. The fraction of sp³-hybridized carbons (Fsp3) is 0.250. The molecule has 7 nitrogen and oxygen atoms in total. The summed E-state index contributed by atoms with van der Waals surface area (Å²) in [7, 11) is 1.51. The number of benzene rings is 1. The fourth-order valence-corrected chi connectivity index (χ4v) is 3.01. The van der Waals surface area contributed by atoms with Crippen LogP contribution in [0.15, 0.2) is 30.6 Å². The molecular weight excluding hydrogens is 384 g/mol. The highest BCUT2D eigenvalue weighted by atomic mass is 35.5. The van der Waals surface area contributed by atoms with Crippen molar-refractivity contribution in [2.45, 2.75) is 12.6 Å². The number of nitrogens with one attached hydrogen (secondary N) is 1. The third kappa shape index (κ3) is 3.71. The van der Waals surface area contributed by atoms with E-state index < -0.39 is 17.9 Å². The quantitative estimate of drug-likeness (QED) is 0.859. The number of carbonyl (C=O) groups excluding carboxylic acids is 2. The lowest BCUT2D eigenvalue weighted by Crippen LogP contribution is -2.43. The molecule has 0 bridgehead atoms. The van der Waals surface area contributed by atoms with Crippen LogP contribution >= 0.6 is 23.2 Å². The third-order valence-electron chi connectivity index (χ3n) is 3.97. The maximum Gasteiger partial charge on any atom is 0.327 e. The van der Waals surface area contributed by atoms with Crippen LogP contribution in [0, 0.1) is 5.82 Å². The van der Waals surface area contributed by atoms with Crippen molar-refractivity contribution in [3.63, 3.8) is 0 Å². The Balaban J connectivity index is 1.67. The van der Waals surface area contributed by atoms with Gasteiger partial charge in [-0.2, -0.15) is 0 Å². The molecule has 3 amide bonds. The Hall–Kier alpha value is -2.45. The van der Waals surface area contributed by atoms with Crippen LogP contribution in [0.2, 0.25) is 10.0 Å². The van der Waals surface area contributed by atoms with E-state index >= 15 is 0 Å². The SMILES string of the molecule is CN1C(=O)N(c2ncc(F)cn2)C[C@H]1C(=O)NCc1ccc(Cl)cc1Cl. The normalized spacial score (nSPS) is 16.9. The Morgan fingerprint density at radius 1 is 1.35 bits per heavy atom. The number of anilines is 1. The molecule has 1 aromatic carbocycles. The first-order valence-electron chi connectivity index (χ1n) is 7.60. The highest BCUT2D eigenvalue weighted by Crippen LogP contribution is 2.22. The van der Waals surface area contributed by atoms with Crippen LogP contribution in [-0.4, -0.2) is 46.4 Å². The van der Waals surface area contributed by atoms with E-state index in [0.717, 1.165) is 12.4 Å². The average molecular weight is 398 g/mol. The Kier molecular flexibility index (Phi) is 5.24. The number of urea groups is 1. The number of carbonyl (C=O) groups is 2. The minimum atomic E-state index is -0.734. The van der Waals surface area contributed by atoms with Gasteiger partial charge >= 0.3 is 6.03 Å². The van der Waals surface area contributed by atoms with Crippen LogP contribution < -0.4 is 10.2 Å². The molecule has 1 atom stereocenters. The molecule has 136 valence electrons. The van der Waals surface area contributed by atoms with E-state index in [4.69, 9.17) is 23.2 Å². The minimum absolute atomic E-state index is 0.0410. The van der Waals surface area contributed by atoms with Crippen LogP contribution in [0.3, 0.4) is 0 Å². The molecule has 2 heterocycles. The van der Waals surface area contributed by atoms with Crippen molar-refractivity contribution in [3.8, 4) is 0 Å². The second-order valence-electron chi connectivity index (χ2n) is 5.67. The number of hydrogen-bond acceptors (Lipinski definition) is 4. The Morgan fingerprint density at radius 2 is 2.04 bits per heavy atom. The van der Waals surface area contributed by atoms with E-state index in [9.17, 15) is 14.0 Å². The average Bonchev–Trinajstić information content (AvgIpc) is 2.90. The van der Waals surface area contributed by atoms with Crippen LogP contribution in [-0.2, 0) is 11.3 Å². The highest BCUT2D eigenvalue weighted by Gasteiger charge is 2.40. The number of halogens is 3. The Bertz CT molecular complexity index is 849. The smallest absolute Gasteiger partial charge is 0.327 e. The Labute approximate surface area is 158 Å². The molecular formula is C16H14Cl2FN5O2. The number of nitrogens with zero attached hydrogens (tertiary/aromatic N) is 4. The number of likely N-dealkylation sites (N-methyl/N-ethyl adjacent to an activating group) is 1. The molecule has 3 rings (SSSR count). The standard InChI is InChI=1S/C16H14Cl2FN5O2/c1-23-13(8-24(16(23)26)15-21-6-11(19)7-22-15)14(25)20-5-9-2-3-10(17)4-12(9)18/h2-4,6-7,13H,5,8H2,1H3,(H,20,25)/t13-/m0/s1. The zero-order valence-electron chi connectivity index (χ0n) is 13.6. The van der Waals surface area contributed by atoms with Gasteiger partial charge in [0.2, 0.25) is 11.9 Å². The molecule has 1 aliphatic rings. The Morgan fingerprint density at radius 3 is 2.69 bits per heavy atom. The number of hydrogen-bond donors (Lipinski definition) is 1. The summed E-state index contributed by atoms with van der Waals surface area (Å²) in [4.78, 5) is 34.9. The fourth-order valence-electron chi connectivity index (χ4n) is 2.53. The lowest BCUT2D eigenvalue weighted by Gasteiger charge is -2.17. The van der Waals surface area contributed by atoms with Crippen molar-refractivity contribution in [1.29, 1.82) is 0 Å². The molecule has 1 aromatic heterocycles. The summed E-state index contributed by atoms with van der Waals surface area (Å²) in [6.07, 6.45) is 1.93. The number of rotatable bonds is 4. The highest BCUT2D eigenvalue weighted by molar-refractivity contribution is 6.35. The first-order chi connectivity index (χ1) is 12.4. The zero-order valence-corrected chi connectivity index (χ0v) is 15.1. The second kappa shape index (κ2) is 7.43. The maximum absolute atomic E-state index is 12.9. The molecule has 10 heteroatoms. The second-order valence-corrected chi connectivity index (χ2v) is 6.52. The summed E-state index contributed by atoms with van der Waals surface area (Å²) in [6.45, 7) is 0.252. The first kappa shape index (κ1) is 18.3. The maximum atomic E-state index is 12.9. The van der Waals surface area contributed by atoms with E-state index in [-0.39, 0.29) is 24.9 Å². The van der Waals surface area contributed by atoms with Gasteiger partial charge in [0, 0.05) is 23.6 Å². The predicted molar refractivity (Wildman–Crippen MR) is 94.6 cm³/mol. The van der Waals surface area contributed by atoms with Gasteiger partial charge in [0.25, 0.3) is 0 Å². The summed E-state index contributed by atoms with van der Waals surface area (Å²) < 4.78 is 12.9. The van der Waals surface area contributed by atoms with Crippen LogP contribution in [0.1, 0.15) is 5.56 Å². The van der Waals surface area contributed by atoms with Gasteiger partial charge in [-0.15, -0.1) is 0 Å². The van der Waals surface area contributed by atoms with E-state index in [1.54, 1.807) is 18.2 Å². The van der Waals surface area contributed by atoms with Gasteiger partial charge in [-0.05, 0) is 17.7 Å². The molecule has 0 spiro atoms. The van der Waals surface area contributed by atoms with Gasteiger partial charge in [0.1, 0.15) is 6.04 Å². The van der Waals surface area contributed by atoms with E-state index in [1.807, 2.05) is 0 Å². The van der Waals surface area contributed by atoms with Crippen molar-refractivity contribution >= 4 is 41.1 Å². The first-order valence-corrected chi connectivity index (χ1v) is 8.36. The zero-order chi connectivity index (χ0) is 18.8. The summed E-state index contributed by atoms with van der Waals surface area (Å²) in [6, 6.07) is 3.80. The predicted octanol–water partition coefficient (Wildman–Crippen LogP) is 2.48. The van der Waals surface area contributed by atoms with Crippen molar-refractivity contribution in [2.75, 3.05) is 18.5 Å². The number of amides is 3. The summed E-state index contributed by atoms with van der Waals surface area (Å²) in [5.74, 6) is -0.918. The van der Waals surface area contributed by atoms with Crippen molar-refractivity contribution in [1.82, 2.24) is 20.2 Å². The molecule has 1 fully saturated rings. The molecule has 0 radical (unpaired) electrons. The number of aromatic nitrogens is 2. The van der Waals surface area contributed by atoms with Crippen LogP contribution in [0.5, 0.6) is 0 Å². The van der Waals surface area contributed by atoms with E-state index in [1.165, 1.54) is 16.8 Å². The third-order valence-corrected chi connectivity index (χ3v) is 4.56. The molecule has 0 aliphatic carbocycles. The molecule has 2 aromatic rings. The van der Waals surface area contributed by atoms with Crippen LogP contribution in [0.4, 0.5) is 15.1 Å². The molecule has 0 saturated carbocycles. The molecule has 1 saturated heterocycles. The van der Waals surface area contributed by atoms with Gasteiger partial charge in [-0.25, -0.2) is 19.2 Å². The van der Waals surface area contributed by atoms with Gasteiger partial charge in [0.15, 0.2) is 5.82 Å². The van der Waals surface area contributed by atoms with Crippen molar-refractivity contribution in [2.24, 2.45) is 0 Å². The minimum Gasteiger partial charge on any atom is -0.350 e. The summed E-state index contributed by atoms with van der Waals surface area (Å²) in [5, 5.41) is 3.69. The van der Waals surface area contributed by atoms with Crippen molar-refractivity contribution in [3.05, 3.63) is 52.0 Å². The topological polar surface area (TPSA) is 78.4 Å². The molecule has 1 aliphatic heterocycles. The van der Waals surface area contributed by atoms with Crippen LogP contribution in [0.25, 0.3) is 0 Å². The monoisotopic (exact) mass is 397 g/mol. The van der Waals surface area contributed by atoms with E-state index in [2.05, 4.69) is 15.3 Å². The summed E-state index contributed by atoms with van der Waals surface area (Å²) in [5.41, 5.74) is 0.704.